The minimum atomic E-state index is 0.475. The zero-order valence-corrected chi connectivity index (χ0v) is 11.1. The second-order valence-corrected chi connectivity index (χ2v) is 5.06. The molecule has 17 heavy (non-hydrogen) atoms. The number of hydrogen-bond acceptors (Lipinski definition) is 2. The van der Waals surface area contributed by atoms with E-state index in [4.69, 9.17) is 4.74 Å². The second-order valence-electron chi connectivity index (χ2n) is 5.06. The first kappa shape index (κ1) is 12.6. The molecule has 1 aromatic carbocycles. The molecule has 0 amide bonds. The van der Waals surface area contributed by atoms with Gasteiger partial charge in [0.15, 0.2) is 0 Å². The van der Waals surface area contributed by atoms with Crippen LogP contribution in [-0.2, 0) is 4.74 Å². The molecule has 0 spiro atoms. The zero-order chi connectivity index (χ0) is 12.3. The lowest BCUT2D eigenvalue weighted by atomic mass is 9.87. The van der Waals surface area contributed by atoms with Gasteiger partial charge in [0.25, 0.3) is 0 Å². The number of rotatable bonds is 5. The van der Waals surface area contributed by atoms with E-state index in [2.05, 4.69) is 43.4 Å². The van der Waals surface area contributed by atoms with Crippen molar-refractivity contribution in [2.45, 2.75) is 51.3 Å². The van der Waals surface area contributed by atoms with Crippen LogP contribution in [-0.4, -0.2) is 19.3 Å². The Kier molecular flexibility index (Phi) is 4.19. The van der Waals surface area contributed by atoms with Crippen LogP contribution in [0.3, 0.4) is 0 Å². The summed E-state index contributed by atoms with van der Waals surface area (Å²) in [6, 6.07) is 9.98. The van der Waals surface area contributed by atoms with Crippen molar-refractivity contribution >= 4 is 0 Å². The van der Waals surface area contributed by atoms with Gasteiger partial charge in [-0.25, -0.2) is 0 Å². The molecule has 0 radical (unpaired) electrons. The maximum Gasteiger partial charge on any atom is 0.0601 e. The maximum atomic E-state index is 5.31. The Morgan fingerprint density at radius 1 is 1.29 bits per heavy atom. The van der Waals surface area contributed by atoms with E-state index in [1.807, 2.05) is 0 Å². The molecule has 0 bridgehead atoms. The largest absolute Gasteiger partial charge is 0.381 e. The minimum Gasteiger partial charge on any atom is -0.381 e. The predicted octanol–water partition coefficient (Wildman–Crippen LogP) is 3.21. The van der Waals surface area contributed by atoms with Crippen LogP contribution in [0.2, 0.25) is 0 Å². The molecular weight excluding hydrogens is 210 g/mol. The van der Waals surface area contributed by atoms with Gasteiger partial charge in [0, 0.05) is 19.2 Å². The quantitative estimate of drug-likeness (QED) is 0.843. The summed E-state index contributed by atoms with van der Waals surface area (Å²) < 4.78 is 5.31. The van der Waals surface area contributed by atoms with Gasteiger partial charge in [0.1, 0.15) is 0 Å². The van der Waals surface area contributed by atoms with E-state index < -0.39 is 0 Å². The number of methoxy groups -OCH3 is 1. The molecule has 1 N–H and O–H groups in total. The van der Waals surface area contributed by atoms with Gasteiger partial charge in [-0.15, -0.1) is 0 Å². The lowest BCUT2D eigenvalue weighted by Crippen LogP contribution is -2.46. The van der Waals surface area contributed by atoms with Gasteiger partial charge in [-0.2, -0.15) is 0 Å². The summed E-state index contributed by atoms with van der Waals surface area (Å²) >= 11 is 0. The van der Waals surface area contributed by atoms with Gasteiger partial charge in [-0.3, -0.25) is 0 Å². The van der Waals surface area contributed by atoms with E-state index in [9.17, 15) is 0 Å². The van der Waals surface area contributed by atoms with Gasteiger partial charge >= 0.3 is 0 Å². The van der Waals surface area contributed by atoms with Crippen LogP contribution in [0.5, 0.6) is 0 Å². The average Bonchev–Trinajstić information content (AvgIpc) is 2.29. The molecule has 0 aromatic heterocycles. The van der Waals surface area contributed by atoms with Crippen LogP contribution in [0.4, 0.5) is 0 Å². The molecule has 1 aromatic rings. The molecule has 1 fully saturated rings. The molecule has 1 atom stereocenters. The van der Waals surface area contributed by atoms with Crippen molar-refractivity contribution in [1.82, 2.24) is 5.32 Å². The molecule has 0 heterocycles. The second kappa shape index (κ2) is 5.65. The molecular formula is C15H23NO. The summed E-state index contributed by atoms with van der Waals surface area (Å²) in [6.45, 7) is 4.37. The third kappa shape index (κ3) is 3.08. The van der Waals surface area contributed by atoms with Crippen LogP contribution >= 0.6 is 0 Å². The van der Waals surface area contributed by atoms with Crippen LogP contribution in [0.25, 0.3) is 0 Å². The number of benzene rings is 1. The molecule has 1 aliphatic rings. The van der Waals surface area contributed by atoms with Crippen molar-refractivity contribution in [2.24, 2.45) is 0 Å². The van der Waals surface area contributed by atoms with E-state index >= 15 is 0 Å². The highest BCUT2D eigenvalue weighted by Crippen LogP contribution is 2.27. The average molecular weight is 233 g/mol. The normalized spacial score (nSPS) is 25.4. The molecule has 2 rings (SSSR count). The number of nitrogens with one attached hydrogen (secondary N) is 1. The lowest BCUT2D eigenvalue weighted by molar-refractivity contribution is 0.0139. The Labute approximate surface area is 104 Å². The SMILES string of the molecule is CCC(NC1CC(OC)C1)c1ccc(C)cc1. The third-order valence-corrected chi connectivity index (χ3v) is 3.75. The van der Waals surface area contributed by atoms with Crippen molar-refractivity contribution in [3.8, 4) is 0 Å². The fraction of sp³-hybridized carbons (Fsp3) is 0.600. The zero-order valence-electron chi connectivity index (χ0n) is 11.1. The van der Waals surface area contributed by atoms with E-state index in [1.54, 1.807) is 7.11 Å². The Bertz CT molecular complexity index is 340. The summed E-state index contributed by atoms with van der Waals surface area (Å²) in [6.07, 6.45) is 3.91. The van der Waals surface area contributed by atoms with Gasteiger partial charge < -0.3 is 10.1 Å². The Morgan fingerprint density at radius 3 is 2.47 bits per heavy atom. The number of hydrogen-bond donors (Lipinski definition) is 1. The highest BCUT2D eigenvalue weighted by Gasteiger charge is 2.30. The monoisotopic (exact) mass is 233 g/mol. The highest BCUT2D eigenvalue weighted by molar-refractivity contribution is 5.24. The molecule has 2 nitrogen and oxygen atoms in total. The standard InChI is InChI=1S/C15H23NO/c1-4-15(12-7-5-11(2)6-8-12)16-13-9-14(10-13)17-3/h5-8,13-16H,4,9-10H2,1-3H3. The molecule has 0 aliphatic heterocycles. The van der Waals surface area contributed by atoms with Crippen LogP contribution in [0, 0.1) is 6.92 Å². The molecule has 1 saturated carbocycles. The third-order valence-electron chi connectivity index (χ3n) is 3.75. The van der Waals surface area contributed by atoms with E-state index in [0.717, 1.165) is 19.3 Å². The van der Waals surface area contributed by atoms with Crippen molar-refractivity contribution in [3.05, 3.63) is 35.4 Å². The van der Waals surface area contributed by atoms with Crippen LogP contribution in [0.15, 0.2) is 24.3 Å². The van der Waals surface area contributed by atoms with Crippen molar-refractivity contribution in [2.75, 3.05) is 7.11 Å². The number of aryl methyl sites for hydroxylation is 1. The first-order valence-electron chi connectivity index (χ1n) is 6.58. The molecule has 0 saturated heterocycles. The topological polar surface area (TPSA) is 21.3 Å². The van der Waals surface area contributed by atoms with E-state index in [-0.39, 0.29) is 0 Å². The van der Waals surface area contributed by atoms with E-state index in [1.165, 1.54) is 11.1 Å². The summed E-state index contributed by atoms with van der Waals surface area (Å²) in [7, 11) is 1.80. The molecule has 1 unspecified atom stereocenters. The van der Waals surface area contributed by atoms with Crippen LogP contribution in [0.1, 0.15) is 43.4 Å². The molecule has 1 aliphatic carbocycles. The van der Waals surface area contributed by atoms with Gasteiger partial charge in [0.2, 0.25) is 0 Å². The summed E-state index contributed by atoms with van der Waals surface area (Å²) in [4.78, 5) is 0. The van der Waals surface area contributed by atoms with Crippen molar-refractivity contribution < 1.29 is 4.74 Å². The fourth-order valence-corrected chi connectivity index (χ4v) is 2.43. The Balaban J connectivity index is 1.91. The first-order chi connectivity index (χ1) is 8.22. The van der Waals surface area contributed by atoms with Gasteiger partial charge in [-0.05, 0) is 31.7 Å². The van der Waals surface area contributed by atoms with Crippen molar-refractivity contribution in [1.29, 1.82) is 0 Å². The maximum absolute atomic E-state index is 5.31. The van der Waals surface area contributed by atoms with Gasteiger partial charge in [0.05, 0.1) is 6.10 Å². The van der Waals surface area contributed by atoms with Crippen molar-refractivity contribution in [3.63, 3.8) is 0 Å². The predicted molar refractivity (Wildman–Crippen MR) is 71.2 cm³/mol. The summed E-state index contributed by atoms with van der Waals surface area (Å²) in [5.74, 6) is 0. The highest BCUT2D eigenvalue weighted by atomic mass is 16.5. The smallest absolute Gasteiger partial charge is 0.0601 e. The molecule has 94 valence electrons. The minimum absolute atomic E-state index is 0.475. The van der Waals surface area contributed by atoms with Crippen LogP contribution < -0.4 is 5.32 Å². The summed E-state index contributed by atoms with van der Waals surface area (Å²) in [5, 5.41) is 3.72. The Morgan fingerprint density at radius 2 is 1.94 bits per heavy atom. The van der Waals surface area contributed by atoms with Gasteiger partial charge in [-0.1, -0.05) is 36.8 Å². The molecule has 2 heteroatoms. The number of ether oxygens (including phenoxy) is 1. The lowest BCUT2D eigenvalue weighted by Gasteiger charge is -2.37. The fourth-order valence-electron chi connectivity index (χ4n) is 2.43. The first-order valence-corrected chi connectivity index (χ1v) is 6.58. The summed E-state index contributed by atoms with van der Waals surface area (Å²) in [5.41, 5.74) is 2.73. The Hall–Kier alpha value is -0.860. The van der Waals surface area contributed by atoms with E-state index in [0.29, 0.717) is 18.2 Å².